The number of aromatic carboxylic acids is 2. The number of hydrogen-bond donors (Lipinski definition) is 2. The van der Waals surface area contributed by atoms with E-state index >= 15 is 0 Å². The molecule has 2 aromatic carbocycles. The average Bonchev–Trinajstić information content (AvgIpc) is 2.53. The van der Waals surface area contributed by atoms with Crippen molar-refractivity contribution in [3.63, 3.8) is 0 Å². The third-order valence-corrected chi connectivity index (χ3v) is 3.03. The molecule has 6 heteroatoms. The van der Waals surface area contributed by atoms with E-state index in [1.165, 1.54) is 24.3 Å². The molecular formula is C18H12Cl2O4. The van der Waals surface area contributed by atoms with Crippen molar-refractivity contribution in [2.75, 3.05) is 0 Å². The average molecular weight is 363 g/mol. The van der Waals surface area contributed by atoms with E-state index in [0.717, 1.165) is 0 Å². The monoisotopic (exact) mass is 362 g/mol. The zero-order valence-corrected chi connectivity index (χ0v) is 13.8. The summed E-state index contributed by atoms with van der Waals surface area (Å²) in [5, 5.41) is 18.2. The molecule has 0 spiro atoms. The predicted octanol–water partition coefficient (Wildman–Crippen LogP) is 3.56. The van der Waals surface area contributed by atoms with Crippen molar-refractivity contribution in [2.45, 2.75) is 0 Å². The molecule has 0 amide bonds. The number of hydrogen-bond acceptors (Lipinski definition) is 2. The van der Waals surface area contributed by atoms with Gasteiger partial charge in [0.2, 0.25) is 0 Å². The third-order valence-electron chi connectivity index (χ3n) is 3.03. The zero-order chi connectivity index (χ0) is 16.3. The summed E-state index contributed by atoms with van der Waals surface area (Å²) in [4.78, 5) is 22.3. The molecule has 24 heavy (non-hydrogen) atoms. The fourth-order valence-electron chi connectivity index (χ4n) is 2.00. The van der Waals surface area contributed by atoms with Crippen molar-refractivity contribution in [3.05, 3.63) is 58.7 Å². The molecule has 0 heterocycles. The van der Waals surface area contributed by atoms with Crippen LogP contribution in [0.25, 0.3) is 11.1 Å². The molecule has 0 saturated heterocycles. The van der Waals surface area contributed by atoms with Crippen LogP contribution in [0.5, 0.6) is 0 Å². The Balaban J connectivity index is 0.00000264. The molecule has 0 aromatic heterocycles. The van der Waals surface area contributed by atoms with Gasteiger partial charge in [-0.1, -0.05) is 11.8 Å². The Morgan fingerprint density at radius 1 is 0.708 bits per heavy atom. The van der Waals surface area contributed by atoms with E-state index in [0.29, 0.717) is 22.3 Å². The minimum absolute atomic E-state index is 0. The lowest BCUT2D eigenvalue weighted by atomic mass is 9.96. The Morgan fingerprint density at radius 3 is 1.29 bits per heavy atom. The van der Waals surface area contributed by atoms with Crippen LogP contribution in [0.4, 0.5) is 0 Å². The van der Waals surface area contributed by atoms with Crippen LogP contribution in [0.15, 0.2) is 36.4 Å². The highest BCUT2D eigenvalue weighted by atomic mass is 35.5. The van der Waals surface area contributed by atoms with Gasteiger partial charge in [-0.05, 0) is 47.5 Å². The molecule has 4 nitrogen and oxygen atoms in total. The lowest BCUT2D eigenvalue weighted by Gasteiger charge is -2.07. The summed E-state index contributed by atoms with van der Waals surface area (Å²) in [6.45, 7) is 0. The van der Waals surface area contributed by atoms with Crippen molar-refractivity contribution >= 4 is 36.8 Å². The predicted molar refractivity (Wildman–Crippen MR) is 96.2 cm³/mol. The molecule has 0 aliphatic rings. The normalized spacial score (nSPS) is 8.75. The molecule has 0 atom stereocenters. The summed E-state index contributed by atoms with van der Waals surface area (Å²) in [5.74, 6) is 2.52. The number of halogens is 2. The molecule has 0 aliphatic heterocycles. The maximum absolute atomic E-state index is 11.2. The summed E-state index contributed by atoms with van der Waals surface area (Å²) in [7, 11) is 0. The van der Waals surface area contributed by atoms with E-state index in [1.54, 1.807) is 12.1 Å². The fraction of sp³-hybridized carbons (Fsp3) is 0. The number of terminal acetylenes is 2. The van der Waals surface area contributed by atoms with Crippen molar-refractivity contribution in [1.29, 1.82) is 0 Å². The van der Waals surface area contributed by atoms with Crippen LogP contribution in [-0.2, 0) is 0 Å². The van der Waals surface area contributed by atoms with Gasteiger partial charge >= 0.3 is 11.9 Å². The van der Waals surface area contributed by atoms with Gasteiger partial charge < -0.3 is 10.2 Å². The molecule has 0 fully saturated rings. The quantitative estimate of drug-likeness (QED) is 0.818. The first-order valence-corrected chi connectivity index (χ1v) is 6.15. The van der Waals surface area contributed by atoms with Crippen LogP contribution in [-0.4, -0.2) is 22.2 Å². The van der Waals surface area contributed by atoms with E-state index in [-0.39, 0.29) is 35.9 Å². The molecule has 0 bridgehead atoms. The SMILES string of the molecule is C#Cc1cc(C(=O)O)cc(-c2cc(C#C)cc(C(=O)O)c2)c1.Cl.Cl. The van der Waals surface area contributed by atoms with Gasteiger partial charge in [0.05, 0.1) is 11.1 Å². The lowest BCUT2D eigenvalue weighted by molar-refractivity contribution is 0.0686. The van der Waals surface area contributed by atoms with Crippen LogP contribution in [0.1, 0.15) is 31.8 Å². The van der Waals surface area contributed by atoms with Crippen molar-refractivity contribution in [2.24, 2.45) is 0 Å². The molecule has 122 valence electrons. The molecule has 0 aliphatic carbocycles. The standard InChI is InChI=1S/C18H10O4.2ClH/c1-3-11-5-13(9-15(7-11)17(19)20)14-6-12(4-2)8-16(10-14)18(21)22;;/h1-2,5-10H,(H,19,20)(H,21,22);2*1H. The number of carboxylic acid groups (broad SMARTS) is 2. The van der Waals surface area contributed by atoms with E-state index < -0.39 is 11.9 Å². The van der Waals surface area contributed by atoms with Crippen LogP contribution < -0.4 is 0 Å². The molecule has 2 aromatic rings. The Kier molecular flexibility index (Phi) is 7.59. The van der Waals surface area contributed by atoms with Crippen LogP contribution in [0.3, 0.4) is 0 Å². The van der Waals surface area contributed by atoms with E-state index in [9.17, 15) is 9.59 Å². The van der Waals surface area contributed by atoms with E-state index in [4.69, 9.17) is 23.1 Å². The second kappa shape index (κ2) is 8.64. The van der Waals surface area contributed by atoms with Gasteiger partial charge in [0.1, 0.15) is 0 Å². The maximum Gasteiger partial charge on any atom is 0.335 e. The zero-order valence-electron chi connectivity index (χ0n) is 12.1. The fourth-order valence-corrected chi connectivity index (χ4v) is 2.00. The molecule has 0 unspecified atom stereocenters. The Hall–Kier alpha value is -2.92. The highest BCUT2D eigenvalue weighted by molar-refractivity contribution is 5.92. The van der Waals surface area contributed by atoms with Crippen LogP contribution in [0, 0.1) is 24.7 Å². The Labute approximate surface area is 151 Å². The minimum Gasteiger partial charge on any atom is -0.478 e. The van der Waals surface area contributed by atoms with Gasteiger partial charge in [0.15, 0.2) is 0 Å². The Morgan fingerprint density at radius 2 is 1.04 bits per heavy atom. The first kappa shape index (κ1) is 21.1. The van der Waals surface area contributed by atoms with Crippen molar-refractivity contribution in [3.8, 4) is 35.8 Å². The summed E-state index contributed by atoms with van der Waals surface area (Å²) < 4.78 is 0. The van der Waals surface area contributed by atoms with E-state index in [2.05, 4.69) is 11.8 Å². The van der Waals surface area contributed by atoms with Gasteiger partial charge in [-0.15, -0.1) is 37.7 Å². The third kappa shape index (κ3) is 4.54. The number of carboxylic acids is 2. The second-order valence-electron chi connectivity index (χ2n) is 4.50. The summed E-state index contributed by atoms with van der Waals surface area (Å²) in [6.07, 6.45) is 10.7. The molecular weight excluding hydrogens is 351 g/mol. The van der Waals surface area contributed by atoms with Crippen molar-refractivity contribution < 1.29 is 19.8 Å². The highest BCUT2D eigenvalue weighted by Crippen LogP contribution is 2.25. The minimum atomic E-state index is -1.12. The molecule has 0 radical (unpaired) electrons. The number of carbonyl (C=O) groups is 2. The summed E-state index contributed by atoms with van der Waals surface area (Å²) >= 11 is 0. The summed E-state index contributed by atoms with van der Waals surface area (Å²) in [6, 6.07) is 8.79. The van der Waals surface area contributed by atoms with Crippen molar-refractivity contribution in [1.82, 2.24) is 0 Å². The lowest BCUT2D eigenvalue weighted by Crippen LogP contribution is -2.00. The van der Waals surface area contributed by atoms with Crippen LogP contribution >= 0.6 is 24.8 Å². The topological polar surface area (TPSA) is 74.6 Å². The van der Waals surface area contributed by atoms with E-state index in [1.807, 2.05) is 0 Å². The van der Waals surface area contributed by atoms with Gasteiger partial charge in [-0.25, -0.2) is 9.59 Å². The smallest absolute Gasteiger partial charge is 0.335 e. The van der Waals surface area contributed by atoms with Gasteiger partial charge in [0.25, 0.3) is 0 Å². The second-order valence-corrected chi connectivity index (χ2v) is 4.50. The molecule has 0 saturated carbocycles. The van der Waals surface area contributed by atoms with Crippen LogP contribution in [0.2, 0.25) is 0 Å². The maximum atomic E-state index is 11.2. The number of benzene rings is 2. The largest absolute Gasteiger partial charge is 0.478 e. The van der Waals surface area contributed by atoms with Gasteiger partial charge in [-0.2, -0.15) is 0 Å². The summed E-state index contributed by atoms with van der Waals surface area (Å²) in [5.41, 5.74) is 1.80. The number of rotatable bonds is 3. The Bertz CT molecular complexity index is 800. The molecule has 2 rings (SSSR count). The highest BCUT2D eigenvalue weighted by Gasteiger charge is 2.11. The first-order valence-electron chi connectivity index (χ1n) is 6.15. The molecule has 2 N–H and O–H groups in total. The van der Waals surface area contributed by atoms with Gasteiger partial charge in [0, 0.05) is 11.1 Å². The van der Waals surface area contributed by atoms with Gasteiger partial charge in [-0.3, -0.25) is 0 Å². The first-order chi connectivity index (χ1) is 10.4.